The van der Waals surface area contributed by atoms with Gasteiger partial charge in [0, 0.05) is 77.2 Å². The molecular weight excluding hydrogens is 1290 g/mol. The van der Waals surface area contributed by atoms with Crippen LogP contribution >= 0.6 is 0 Å². The highest BCUT2D eigenvalue weighted by Crippen LogP contribution is 2.53. The lowest BCUT2D eigenvalue weighted by Gasteiger charge is -2.45. The number of ketones is 2. The average Bonchev–Trinajstić information content (AvgIpc) is 0.756. The molecule has 2 aliphatic rings. The Morgan fingerprint density at radius 2 is 1.00 bits per heavy atom. The van der Waals surface area contributed by atoms with E-state index >= 15 is 0 Å². The van der Waals surface area contributed by atoms with Crippen molar-refractivity contribution in [2.24, 2.45) is 46.8 Å². The van der Waals surface area contributed by atoms with Gasteiger partial charge in [0.25, 0.3) is 0 Å². The predicted molar refractivity (Wildman–Crippen MR) is 397 cm³/mol. The van der Waals surface area contributed by atoms with Crippen molar-refractivity contribution in [2.45, 2.75) is 279 Å². The van der Waals surface area contributed by atoms with Gasteiger partial charge < -0.3 is 47.4 Å². The molecule has 17 nitrogen and oxygen atoms in total. The maximum absolute atomic E-state index is 14.1. The quantitative estimate of drug-likeness (QED) is 0.0169. The number of hydrogen-bond acceptors (Lipinski definition) is 17. The normalized spacial score (nSPS) is 19.4. The van der Waals surface area contributed by atoms with Crippen molar-refractivity contribution in [3.8, 4) is 29.6 Å². The largest absolute Gasteiger partial charge is 0.497 e. The molecule has 568 valence electrons. The molecule has 0 bridgehead atoms. The van der Waals surface area contributed by atoms with Gasteiger partial charge in [-0.15, -0.1) is 12.3 Å². The molecule has 1 aliphatic carbocycles. The maximum atomic E-state index is 14.1. The molecular formula is C85H126O17. The van der Waals surface area contributed by atoms with Gasteiger partial charge in [-0.2, -0.15) is 0 Å². The molecule has 102 heavy (non-hydrogen) atoms. The lowest BCUT2D eigenvalue weighted by atomic mass is 9.59. The summed E-state index contributed by atoms with van der Waals surface area (Å²) < 4.78 is 56.9. The van der Waals surface area contributed by atoms with Crippen molar-refractivity contribution < 1.29 is 80.9 Å². The topological polar surface area (TPSA) is 212 Å². The summed E-state index contributed by atoms with van der Waals surface area (Å²) in [5.41, 5.74) is 3.10. The van der Waals surface area contributed by atoms with E-state index in [0.29, 0.717) is 100 Å². The Morgan fingerprint density at radius 3 is 1.46 bits per heavy atom. The van der Waals surface area contributed by atoms with Gasteiger partial charge in [-0.1, -0.05) is 90.8 Å². The molecule has 0 spiro atoms. The lowest BCUT2D eigenvalue weighted by molar-refractivity contribution is -0.294. The highest BCUT2D eigenvalue weighted by molar-refractivity contribution is 5.81. The standard InChI is InChI=1S/C85H126O17/c1-14-15-20-29-67(80(61(4)5)62(6)7)49-52-84(53-54-85(68-35-41-72(93-11)42-36-68,69-37-43-73(94-12)44-38-69)70-39-45-74(95-13)46-40-70)50-47-66(48-51-84)76(90)32-23-17-16-21-30-71(89)31-22-18-26-55-96-78(91)33-24-19-27-56-97-79(92)34-25-28-57-98-83-75(58-60(2)3)81(100-64(9)87)82(101-65(10)88)77(102-83)59-99-63(8)86/h1,35-46,60-62,66-67,75,77,80-83H,15-34,47-59H2,2-13H3/t66?,67?,75-,77-,81-,82+,83-,84?/m1/s1. The molecule has 17 heteroatoms. The van der Waals surface area contributed by atoms with Gasteiger partial charge in [0.1, 0.15) is 47.6 Å². The van der Waals surface area contributed by atoms with Crippen LogP contribution in [0, 0.1) is 59.2 Å². The van der Waals surface area contributed by atoms with Crippen LogP contribution in [-0.2, 0) is 72.1 Å². The van der Waals surface area contributed by atoms with E-state index in [-0.39, 0.29) is 67.6 Å². The number of hydrogen-bond donors (Lipinski definition) is 0. The number of Topliss-reactive ketones (excluding diaryl/α,β-unsaturated/α-hetero) is 2. The highest BCUT2D eigenvalue weighted by atomic mass is 16.7. The van der Waals surface area contributed by atoms with Gasteiger partial charge in [0.2, 0.25) is 0 Å². The van der Waals surface area contributed by atoms with Crippen molar-refractivity contribution in [1.29, 1.82) is 0 Å². The molecule has 1 aliphatic heterocycles. The van der Waals surface area contributed by atoms with Crippen LogP contribution < -0.4 is 14.2 Å². The van der Waals surface area contributed by atoms with E-state index < -0.39 is 53.8 Å². The van der Waals surface area contributed by atoms with Crippen molar-refractivity contribution >= 4 is 41.4 Å². The first-order valence-electron chi connectivity index (χ1n) is 38.5. The molecule has 1 heterocycles. The first-order chi connectivity index (χ1) is 49.0. The third-order valence-corrected chi connectivity index (χ3v) is 21.2. The summed E-state index contributed by atoms with van der Waals surface area (Å²) in [6, 6.07) is 25.8. The minimum absolute atomic E-state index is 0.0341. The van der Waals surface area contributed by atoms with Crippen LogP contribution in [0.25, 0.3) is 0 Å². The molecule has 1 unspecified atom stereocenters. The van der Waals surface area contributed by atoms with E-state index in [1.165, 1.54) is 37.5 Å². The third-order valence-electron chi connectivity index (χ3n) is 21.2. The molecule has 3 aromatic rings. The van der Waals surface area contributed by atoms with Crippen LogP contribution in [0.15, 0.2) is 72.8 Å². The number of unbranched alkanes of at least 4 members (excludes halogenated alkanes) is 9. The molecule has 0 amide bonds. The van der Waals surface area contributed by atoms with Crippen LogP contribution in [-0.4, -0.2) is 114 Å². The van der Waals surface area contributed by atoms with Crippen LogP contribution in [0.5, 0.6) is 17.2 Å². The Morgan fingerprint density at radius 1 is 0.539 bits per heavy atom. The van der Waals surface area contributed by atoms with Gasteiger partial charge in [0.15, 0.2) is 12.4 Å². The number of terminal acetylenes is 1. The number of benzene rings is 3. The lowest BCUT2D eigenvalue weighted by Crippen LogP contribution is -2.59. The fourth-order valence-electron chi connectivity index (χ4n) is 16.0. The van der Waals surface area contributed by atoms with E-state index in [0.717, 1.165) is 126 Å². The minimum Gasteiger partial charge on any atom is -0.497 e. The van der Waals surface area contributed by atoms with Gasteiger partial charge in [-0.25, -0.2) is 0 Å². The predicted octanol–water partition coefficient (Wildman–Crippen LogP) is 17.8. The van der Waals surface area contributed by atoms with E-state index in [9.17, 15) is 33.6 Å². The minimum atomic E-state index is -1.02. The summed E-state index contributed by atoms with van der Waals surface area (Å²) in [7, 11) is 5.13. The zero-order chi connectivity index (χ0) is 74.5. The Labute approximate surface area is 611 Å². The summed E-state index contributed by atoms with van der Waals surface area (Å²) in [5, 5.41) is 0. The number of ether oxygens (including phenoxy) is 10. The van der Waals surface area contributed by atoms with E-state index in [4.69, 9.17) is 53.8 Å². The number of carbonyl (C=O) groups excluding carboxylic acids is 7. The van der Waals surface area contributed by atoms with Crippen molar-refractivity contribution in [2.75, 3.05) is 47.8 Å². The second-order valence-corrected chi connectivity index (χ2v) is 29.9. The molecule has 1 saturated heterocycles. The van der Waals surface area contributed by atoms with Crippen LogP contribution in [0.1, 0.15) is 265 Å². The molecule has 0 radical (unpaired) electrons. The fourth-order valence-corrected chi connectivity index (χ4v) is 16.0. The summed E-state index contributed by atoms with van der Waals surface area (Å²) in [6.07, 6.45) is 24.4. The van der Waals surface area contributed by atoms with Gasteiger partial charge in [-0.05, 0) is 223 Å². The molecule has 1 saturated carbocycles. The smallest absolute Gasteiger partial charge is 0.305 e. The summed E-state index contributed by atoms with van der Waals surface area (Å²) in [6.45, 7) is 17.9. The van der Waals surface area contributed by atoms with Gasteiger partial charge in [-0.3, -0.25) is 33.6 Å². The molecule has 0 N–H and O–H groups in total. The molecule has 6 atom stereocenters. The average molecular weight is 1420 g/mol. The van der Waals surface area contributed by atoms with Crippen molar-refractivity contribution in [1.82, 2.24) is 0 Å². The summed E-state index contributed by atoms with van der Waals surface area (Å²) >= 11 is 0. The Bertz CT molecular complexity index is 2870. The highest BCUT2D eigenvalue weighted by Gasteiger charge is 2.51. The maximum Gasteiger partial charge on any atom is 0.305 e. The molecule has 0 aromatic heterocycles. The monoisotopic (exact) mass is 1420 g/mol. The second-order valence-electron chi connectivity index (χ2n) is 29.9. The van der Waals surface area contributed by atoms with E-state index in [1.807, 2.05) is 13.8 Å². The third kappa shape index (κ3) is 29.0. The van der Waals surface area contributed by atoms with Crippen molar-refractivity contribution in [3.63, 3.8) is 0 Å². The Kier molecular flexibility index (Phi) is 38.8. The Hall–Kier alpha value is -6.77. The summed E-state index contributed by atoms with van der Waals surface area (Å²) in [5.74, 6) is 5.67. The number of carbonyl (C=O) groups is 7. The molecule has 2 fully saturated rings. The Balaban J connectivity index is 0.996. The number of esters is 5. The second kappa shape index (κ2) is 46.1. The SMILES string of the molecule is C#CCCCC(CCC1(CCC(c2ccc(OC)cc2)(c2ccc(OC)cc2)c2ccc(OC)cc2)CCC(C(=O)CCCCCCC(=O)CCCCCOC(=O)CCCCCOC(=O)CCCCO[C@@H]2O[C@H](COC(C)=O)[C@H](OC(C)=O)[C@H](OC(C)=O)[C@H]2CC(C)C)CC1)C(C(C)C)C(C)C. The molecule has 3 aromatic carbocycles. The summed E-state index contributed by atoms with van der Waals surface area (Å²) in [4.78, 5) is 88.0. The number of methoxy groups -OCH3 is 3. The van der Waals surface area contributed by atoms with E-state index in [2.05, 4.69) is 106 Å². The first kappa shape index (κ1) is 85.9. The first-order valence-corrected chi connectivity index (χ1v) is 38.5. The zero-order valence-electron chi connectivity index (χ0n) is 64.1. The van der Waals surface area contributed by atoms with Gasteiger partial charge >= 0.3 is 29.8 Å². The van der Waals surface area contributed by atoms with Crippen LogP contribution in [0.3, 0.4) is 0 Å². The van der Waals surface area contributed by atoms with Crippen LogP contribution in [0.4, 0.5) is 0 Å². The zero-order valence-corrected chi connectivity index (χ0v) is 64.1. The fraction of sp³-hybridized carbons (Fsp3) is 0.682. The van der Waals surface area contributed by atoms with Gasteiger partial charge in [0.05, 0.1) is 40.5 Å². The van der Waals surface area contributed by atoms with Crippen LogP contribution in [0.2, 0.25) is 0 Å². The van der Waals surface area contributed by atoms with Crippen molar-refractivity contribution in [3.05, 3.63) is 89.5 Å². The molecule has 5 rings (SSSR count). The van der Waals surface area contributed by atoms with E-state index in [1.54, 1.807) is 21.3 Å². The number of rotatable bonds is 50.